The van der Waals surface area contributed by atoms with E-state index in [1.54, 1.807) is 0 Å². The lowest BCUT2D eigenvalue weighted by Crippen LogP contribution is -2.06. The average Bonchev–Trinajstić information content (AvgIpc) is 2.51. The third-order valence-electron chi connectivity index (χ3n) is 3.41. The van der Waals surface area contributed by atoms with Crippen molar-refractivity contribution in [3.05, 3.63) is 64.7 Å². The van der Waals surface area contributed by atoms with E-state index in [1.165, 1.54) is 5.56 Å². The van der Waals surface area contributed by atoms with Crippen LogP contribution in [0.1, 0.15) is 24.0 Å². The molecule has 0 aromatic heterocycles. The van der Waals surface area contributed by atoms with E-state index < -0.39 is 0 Å². The molecule has 0 heterocycles. The van der Waals surface area contributed by atoms with Gasteiger partial charge in [-0.3, -0.25) is 0 Å². The average molecular weight is 304 g/mol. The molecular formula is C18H22ClNO. The first kappa shape index (κ1) is 15.9. The van der Waals surface area contributed by atoms with Crippen LogP contribution < -0.4 is 10.5 Å². The number of ether oxygens (including phenoxy) is 1. The molecule has 2 aromatic rings. The monoisotopic (exact) mass is 303 g/mol. The third kappa shape index (κ3) is 5.07. The lowest BCUT2D eigenvalue weighted by atomic mass is 10.1. The normalized spacial score (nSPS) is 10.6. The summed E-state index contributed by atoms with van der Waals surface area (Å²) < 4.78 is 5.87. The fourth-order valence-corrected chi connectivity index (χ4v) is 2.57. The molecule has 112 valence electrons. The first-order valence-electron chi connectivity index (χ1n) is 7.45. The van der Waals surface area contributed by atoms with Gasteiger partial charge in [0.05, 0.1) is 11.6 Å². The standard InChI is InChI=1S/C18H22ClNO/c19-17-11-6-10-16(12-13-20)18(17)21-14-5-4-9-15-7-2-1-3-8-15/h1-3,6-8,10-11H,4-5,9,12-14,20H2. The van der Waals surface area contributed by atoms with E-state index in [-0.39, 0.29) is 0 Å². The van der Waals surface area contributed by atoms with Gasteiger partial charge in [0.1, 0.15) is 5.75 Å². The lowest BCUT2D eigenvalue weighted by Gasteiger charge is -2.12. The topological polar surface area (TPSA) is 35.2 Å². The molecule has 0 fully saturated rings. The number of aryl methyl sites for hydroxylation is 1. The minimum atomic E-state index is 0.602. The summed E-state index contributed by atoms with van der Waals surface area (Å²) in [6.45, 7) is 1.29. The molecule has 0 saturated heterocycles. The Morgan fingerprint density at radius 1 is 0.905 bits per heavy atom. The highest BCUT2D eigenvalue weighted by Gasteiger charge is 2.07. The van der Waals surface area contributed by atoms with Crippen molar-refractivity contribution in [2.24, 2.45) is 5.73 Å². The van der Waals surface area contributed by atoms with Gasteiger partial charge < -0.3 is 10.5 Å². The molecule has 2 rings (SSSR count). The zero-order valence-electron chi connectivity index (χ0n) is 12.2. The SMILES string of the molecule is NCCc1cccc(Cl)c1OCCCCc1ccccc1. The lowest BCUT2D eigenvalue weighted by molar-refractivity contribution is 0.304. The fraction of sp³-hybridized carbons (Fsp3) is 0.333. The van der Waals surface area contributed by atoms with Crippen LogP contribution in [0.5, 0.6) is 5.75 Å². The van der Waals surface area contributed by atoms with Gasteiger partial charge in [0.25, 0.3) is 0 Å². The maximum absolute atomic E-state index is 6.21. The second-order valence-electron chi connectivity index (χ2n) is 5.06. The molecule has 2 aromatic carbocycles. The number of hydrogen-bond donors (Lipinski definition) is 1. The zero-order chi connectivity index (χ0) is 14.9. The minimum absolute atomic E-state index is 0.602. The predicted octanol–water partition coefficient (Wildman–Crippen LogP) is 4.24. The third-order valence-corrected chi connectivity index (χ3v) is 3.71. The maximum atomic E-state index is 6.21. The summed E-state index contributed by atoms with van der Waals surface area (Å²) in [6, 6.07) is 16.4. The molecule has 0 unspecified atom stereocenters. The largest absolute Gasteiger partial charge is 0.492 e. The fourth-order valence-electron chi connectivity index (χ4n) is 2.32. The van der Waals surface area contributed by atoms with Crippen LogP contribution in [-0.2, 0) is 12.8 Å². The second kappa shape index (κ2) is 8.71. The summed E-state index contributed by atoms with van der Waals surface area (Å²) in [7, 11) is 0. The molecular weight excluding hydrogens is 282 g/mol. The number of para-hydroxylation sites is 1. The molecule has 21 heavy (non-hydrogen) atoms. The number of unbranched alkanes of at least 4 members (excludes halogenated alkanes) is 1. The van der Waals surface area contributed by atoms with Gasteiger partial charge in [-0.25, -0.2) is 0 Å². The van der Waals surface area contributed by atoms with Gasteiger partial charge in [-0.05, 0) is 49.4 Å². The highest BCUT2D eigenvalue weighted by atomic mass is 35.5. The van der Waals surface area contributed by atoms with E-state index in [4.69, 9.17) is 22.1 Å². The first-order valence-corrected chi connectivity index (χ1v) is 7.83. The smallest absolute Gasteiger partial charge is 0.141 e. The Morgan fingerprint density at radius 2 is 1.71 bits per heavy atom. The Morgan fingerprint density at radius 3 is 2.48 bits per heavy atom. The van der Waals surface area contributed by atoms with Crippen molar-refractivity contribution in [1.82, 2.24) is 0 Å². The quantitative estimate of drug-likeness (QED) is 0.740. The molecule has 0 aliphatic rings. The minimum Gasteiger partial charge on any atom is -0.492 e. The van der Waals surface area contributed by atoms with E-state index in [0.29, 0.717) is 18.2 Å². The molecule has 2 N–H and O–H groups in total. The molecule has 0 bridgehead atoms. The summed E-state index contributed by atoms with van der Waals surface area (Å²) in [5.74, 6) is 0.796. The van der Waals surface area contributed by atoms with Crippen LogP contribution >= 0.6 is 11.6 Å². The second-order valence-corrected chi connectivity index (χ2v) is 5.47. The van der Waals surface area contributed by atoms with Crippen LogP contribution in [0.25, 0.3) is 0 Å². The predicted molar refractivity (Wildman–Crippen MR) is 89.1 cm³/mol. The van der Waals surface area contributed by atoms with Gasteiger partial charge in [-0.15, -0.1) is 0 Å². The van der Waals surface area contributed by atoms with Gasteiger partial charge in [-0.1, -0.05) is 54.1 Å². The summed E-state index contributed by atoms with van der Waals surface area (Å²) in [5.41, 5.74) is 8.09. The molecule has 0 aliphatic heterocycles. The summed E-state index contributed by atoms with van der Waals surface area (Å²) in [5, 5.41) is 0.670. The molecule has 3 heteroatoms. The molecule has 0 radical (unpaired) electrons. The van der Waals surface area contributed by atoms with E-state index in [0.717, 1.165) is 37.0 Å². The van der Waals surface area contributed by atoms with Crippen molar-refractivity contribution in [1.29, 1.82) is 0 Å². The van der Waals surface area contributed by atoms with Crippen LogP contribution in [0.4, 0.5) is 0 Å². The van der Waals surface area contributed by atoms with E-state index in [9.17, 15) is 0 Å². The Balaban J connectivity index is 1.78. The first-order chi connectivity index (χ1) is 10.3. The number of halogens is 1. The number of hydrogen-bond acceptors (Lipinski definition) is 2. The summed E-state index contributed by atoms with van der Waals surface area (Å²) in [4.78, 5) is 0. The molecule has 0 aliphatic carbocycles. The van der Waals surface area contributed by atoms with Gasteiger partial charge in [0.15, 0.2) is 0 Å². The molecule has 0 spiro atoms. The molecule has 0 saturated carbocycles. The summed E-state index contributed by atoms with van der Waals surface area (Å²) in [6.07, 6.45) is 4.01. The van der Waals surface area contributed by atoms with E-state index in [1.807, 2.05) is 24.3 Å². The Bertz CT molecular complexity index is 542. The number of benzene rings is 2. The Hall–Kier alpha value is -1.51. The van der Waals surface area contributed by atoms with Gasteiger partial charge >= 0.3 is 0 Å². The van der Waals surface area contributed by atoms with E-state index >= 15 is 0 Å². The highest BCUT2D eigenvalue weighted by Crippen LogP contribution is 2.29. The van der Waals surface area contributed by atoms with Crippen molar-refractivity contribution in [2.75, 3.05) is 13.2 Å². The van der Waals surface area contributed by atoms with Crippen LogP contribution in [0, 0.1) is 0 Å². The zero-order valence-corrected chi connectivity index (χ0v) is 13.0. The number of nitrogens with two attached hydrogens (primary N) is 1. The molecule has 0 atom stereocenters. The van der Waals surface area contributed by atoms with Crippen LogP contribution in [0.3, 0.4) is 0 Å². The highest BCUT2D eigenvalue weighted by molar-refractivity contribution is 6.32. The van der Waals surface area contributed by atoms with Gasteiger partial charge in [-0.2, -0.15) is 0 Å². The summed E-state index contributed by atoms with van der Waals surface area (Å²) >= 11 is 6.21. The van der Waals surface area contributed by atoms with Gasteiger partial charge in [0.2, 0.25) is 0 Å². The Kier molecular flexibility index (Phi) is 6.58. The molecule has 2 nitrogen and oxygen atoms in total. The van der Waals surface area contributed by atoms with Crippen molar-refractivity contribution in [2.45, 2.75) is 25.7 Å². The molecule has 0 amide bonds. The van der Waals surface area contributed by atoms with Crippen molar-refractivity contribution in [3.63, 3.8) is 0 Å². The maximum Gasteiger partial charge on any atom is 0.141 e. The van der Waals surface area contributed by atoms with Crippen LogP contribution in [-0.4, -0.2) is 13.2 Å². The van der Waals surface area contributed by atoms with Crippen LogP contribution in [0.15, 0.2) is 48.5 Å². The van der Waals surface area contributed by atoms with E-state index in [2.05, 4.69) is 24.3 Å². The van der Waals surface area contributed by atoms with Crippen LogP contribution in [0.2, 0.25) is 5.02 Å². The van der Waals surface area contributed by atoms with Crippen molar-refractivity contribution >= 4 is 11.6 Å². The number of rotatable bonds is 8. The van der Waals surface area contributed by atoms with Crippen molar-refractivity contribution in [3.8, 4) is 5.75 Å². The Labute approximate surface area is 131 Å². The van der Waals surface area contributed by atoms with Gasteiger partial charge in [0, 0.05) is 0 Å². The van der Waals surface area contributed by atoms with Crippen molar-refractivity contribution < 1.29 is 4.74 Å².